The van der Waals surface area contributed by atoms with Gasteiger partial charge in [-0.1, -0.05) is 36.4 Å². The van der Waals surface area contributed by atoms with Crippen LogP contribution in [-0.4, -0.2) is 44.2 Å². The molecule has 1 fully saturated rings. The molecule has 1 N–H and O–H groups in total. The van der Waals surface area contributed by atoms with Gasteiger partial charge in [0.15, 0.2) is 0 Å². The number of morpholine rings is 1. The van der Waals surface area contributed by atoms with Gasteiger partial charge in [0.1, 0.15) is 5.75 Å². The van der Waals surface area contributed by atoms with E-state index in [4.69, 9.17) is 9.47 Å². The van der Waals surface area contributed by atoms with Crippen LogP contribution in [0.15, 0.2) is 48.5 Å². The second-order valence-electron chi connectivity index (χ2n) is 6.79. The first-order valence-electron chi connectivity index (χ1n) is 9.51. The van der Waals surface area contributed by atoms with Crippen LogP contribution in [0.5, 0.6) is 5.75 Å². The van der Waals surface area contributed by atoms with Crippen LogP contribution >= 0.6 is 0 Å². The van der Waals surface area contributed by atoms with Crippen molar-refractivity contribution in [2.24, 2.45) is 0 Å². The molecule has 1 aliphatic rings. The fourth-order valence-corrected chi connectivity index (χ4v) is 3.25. The van der Waals surface area contributed by atoms with Gasteiger partial charge in [0.25, 0.3) is 0 Å². The zero-order valence-corrected chi connectivity index (χ0v) is 15.9. The largest absolute Gasteiger partial charge is 0.497 e. The number of hydrogen-bond donors (Lipinski definition) is 1. The number of methoxy groups -OCH3 is 1. The summed E-state index contributed by atoms with van der Waals surface area (Å²) in [7, 11) is 1.65. The summed E-state index contributed by atoms with van der Waals surface area (Å²) in [5.41, 5.74) is 3.56. The smallest absolute Gasteiger partial charge is 0.220 e. The summed E-state index contributed by atoms with van der Waals surface area (Å²) in [5.74, 6) is 0.893. The van der Waals surface area contributed by atoms with E-state index in [0.717, 1.165) is 44.2 Å². The molecule has 5 heteroatoms. The topological polar surface area (TPSA) is 50.8 Å². The van der Waals surface area contributed by atoms with Crippen LogP contribution in [0.4, 0.5) is 0 Å². The van der Waals surface area contributed by atoms with Crippen molar-refractivity contribution in [3.05, 3.63) is 65.2 Å². The molecule has 1 saturated heterocycles. The summed E-state index contributed by atoms with van der Waals surface area (Å²) >= 11 is 0. The first-order chi connectivity index (χ1) is 13.2. The number of ether oxygens (including phenoxy) is 2. The van der Waals surface area contributed by atoms with E-state index in [1.165, 1.54) is 11.1 Å². The van der Waals surface area contributed by atoms with E-state index in [1.807, 2.05) is 30.3 Å². The number of carbonyl (C=O) groups is 1. The van der Waals surface area contributed by atoms with Crippen LogP contribution in [0, 0.1) is 0 Å². The van der Waals surface area contributed by atoms with Gasteiger partial charge in [0.2, 0.25) is 5.91 Å². The maximum Gasteiger partial charge on any atom is 0.220 e. The quantitative estimate of drug-likeness (QED) is 0.778. The number of hydrogen-bond acceptors (Lipinski definition) is 4. The fraction of sp³-hybridized carbons (Fsp3) is 0.409. The molecule has 0 spiro atoms. The normalized spacial score (nSPS) is 14.7. The summed E-state index contributed by atoms with van der Waals surface area (Å²) in [6, 6.07) is 16.2. The number of amides is 1. The van der Waals surface area contributed by atoms with Gasteiger partial charge in [0, 0.05) is 32.6 Å². The van der Waals surface area contributed by atoms with Gasteiger partial charge < -0.3 is 14.8 Å². The molecule has 0 radical (unpaired) electrons. The molecule has 1 aliphatic heterocycles. The zero-order valence-electron chi connectivity index (χ0n) is 15.9. The van der Waals surface area contributed by atoms with Crippen molar-refractivity contribution in [2.45, 2.75) is 25.9 Å². The van der Waals surface area contributed by atoms with Crippen LogP contribution in [0.25, 0.3) is 0 Å². The van der Waals surface area contributed by atoms with Gasteiger partial charge in [-0.3, -0.25) is 9.69 Å². The second kappa shape index (κ2) is 10.1. The molecular formula is C22H28N2O3. The van der Waals surface area contributed by atoms with Crippen LogP contribution in [0.2, 0.25) is 0 Å². The molecule has 1 heterocycles. The molecular weight excluding hydrogens is 340 g/mol. The fourth-order valence-electron chi connectivity index (χ4n) is 3.25. The van der Waals surface area contributed by atoms with Crippen LogP contribution in [-0.2, 0) is 29.0 Å². The number of nitrogens with one attached hydrogen (secondary N) is 1. The first-order valence-corrected chi connectivity index (χ1v) is 9.51. The lowest BCUT2D eigenvalue weighted by Gasteiger charge is -2.27. The molecule has 0 aromatic heterocycles. The third kappa shape index (κ3) is 6.08. The Morgan fingerprint density at radius 3 is 2.67 bits per heavy atom. The second-order valence-corrected chi connectivity index (χ2v) is 6.79. The minimum absolute atomic E-state index is 0.0685. The molecule has 0 aliphatic carbocycles. The highest BCUT2D eigenvalue weighted by Gasteiger charge is 2.13. The first kappa shape index (κ1) is 19.4. The van der Waals surface area contributed by atoms with Crippen molar-refractivity contribution in [1.29, 1.82) is 0 Å². The molecule has 0 unspecified atom stereocenters. The Morgan fingerprint density at radius 2 is 1.89 bits per heavy atom. The maximum atomic E-state index is 12.3. The molecule has 144 valence electrons. The Bertz CT molecular complexity index is 742. The van der Waals surface area contributed by atoms with Gasteiger partial charge in [-0.15, -0.1) is 0 Å². The summed E-state index contributed by atoms with van der Waals surface area (Å²) in [6.07, 6.45) is 1.18. The molecule has 0 atom stereocenters. The molecule has 0 saturated carbocycles. The van der Waals surface area contributed by atoms with E-state index in [2.05, 4.69) is 28.4 Å². The lowest BCUT2D eigenvalue weighted by molar-refractivity contribution is -0.121. The van der Waals surface area contributed by atoms with Crippen molar-refractivity contribution in [3.8, 4) is 5.75 Å². The van der Waals surface area contributed by atoms with Crippen molar-refractivity contribution >= 4 is 5.91 Å². The van der Waals surface area contributed by atoms with E-state index < -0.39 is 0 Å². The molecule has 27 heavy (non-hydrogen) atoms. The number of rotatable bonds is 8. The standard InChI is InChI=1S/C22H28N2O3/c1-26-21-8-4-5-18(15-21)9-10-22(25)23-16-19-6-2-3-7-20(19)17-24-11-13-27-14-12-24/h2-8,15H,9-14,16-17H2,1H3,(H,23,25). The van der Waals surface area contributed by atoms with Crippen LogP contribution in [0.3, 0.4) is 0 Å². The molecule has 3 rings (SSSR count). The minimum atomic E-state index is 0.0685. The lowest BCUT2D eigenvalue weighted by Crippen LogP contribution is -2.36. The van der Waals surface area contributed by atoms with Crippen LogP contribution in [0.1, 0.15) is 23.1 Å². The summed E-state index contributed by atoms with van der Waals surface area (Å²) in [4.78, 5) is 14.7. The van der Waals surface area contributed by atoms with Gasteiger partial charge in [0.05, 0.1) is 20.3 Å². The van der Waals surface area contributed by atoms with E-state index in [9.17, 15) is 4.79 Å². The summed E-state index contributed by atoms with van der Waals surface area (Å²) in [5, 5.41) is 3.06. The molecule has 2 aromatic rings. The number of nitrogens with zero attached hydrogens (tertiary/aromatic N) is 1. The molecule has 0 bridgehead atoms. The third-order valence-corrected chi connectivity index (χ3v) is 4.87. The summed E-state index contributed by atoms with van der Waals surface area (Å²) < 4.78 is 10.6. The average Bonchev–Trinajstić information content (AvgIpc) is 2.72. The Balaban J connectivity index is 1.49. The highest BCUT2D eigenvalue weighted by atomic mass is 16.5. The van der Waals surface area contributed by atoms with Gasteiger partial charge >= 0.3 is 0 Å². The van der Waals surface area contributed by atoms with Crippen molar-refractivity contribution < 1.29 is 14.3 Å². The lowest BCUT2D eigenvalue weighted by atomic mass is 10.1. The minimum Gasteiger partial charge on any atom is -0.497 e. The summed E-state index contributed by atoms with van der Waals surface area (Å²) in [6.45, 7) is 4.98. The molecule has 5 nitrogen and oxygen atoms in total. The Hall–Kier alpha value is -2.37. The van der Waals surface area contributed by atoms with E-state index in [1.54, 1.807) is 7.11 Å². The Labute approximate surface area is 161 Å². The Kier molecular flexibility index (Phi) is 7.25. The van der Waals surface area contributed by atoms with Crippen molar-refractivity contribution in [3.63, 3.8) is 0 Å². The monoisotopic (exact) mass is 368 g/mol. The Morgan fingerprint density at radius 1 is 1.11 bits per heavy atom. The highest BCUT2D eigenvalue weighted by molar-refractivity contribution is 5.76. The highest BCUT2D eigenvalue weighted by Crippen LogP contribution is 2.15. The third-order valence-electron chi connectivity index (χ3n) is 4.87. The SMILES string of the molecule is COc1cccc(CCC(=O)NCc2ccccc2CN2CCOCC2)c1. The van der Waals surface area contributed by atoms with E-state index in [0.29, 0.717) is 19.4 Å². The zero-order chi connectivity index (χ0) is 18.9. The van der Waals surface area contributed by atoms with Crippen LogP contribution < -0.4 is 10.1 Å². The molecule has 2 aromatic carbocycles. The van der Waals surface area contributed by atoms with Crippen molar-refractivity contribution in [1.82, 2.24) is 10.2 Å². The average molecular weight is 368 g/mol. The number of aryl methyl sites for hydroxylation is 1. The molecule has 1 amide bonds. The van der Waals surface area contributed by atoms with E-state index >= 15 is 0 Å². The van der Waals surface area contributed by atoms with Gasteiger partial charge in [-0.25, -0.2) is 0 Å². The van der Waals surface area contributed by atoms with Gasteiger partial charge in [-0.2, -0.15) is 0 Å². The van der Waals surface area contributed by atoms with Gasteiger partial charge in [-0.05, 0) is 35.2 Å². The van der Waals surface area contributed by atoms with E-state index in [-0.39, 0.29) is 5.91 Å². The van der Waals surface area contributed by atoms with Crippen molar-refractivity contribution in [2.75, 3.05) is 33.4 Å². The maximum absolute atomic E-state index is 12.3. The number of carbonyl (C=O) groups excluding carboxylic acids is 1. The predicted octanol–water partition coefficient (Wildman–Crippen LogP) is 2.78. The number of benzene rings is 2. The predicted molar refractivity (Wildman–Crippen MR) is 106 cm³/mol.